The van der Waals surface area contributed by atoms with Gasteiger partial charge in [-0.2, -0.15) is 0 Å². The Morgan fingerprint density at radius 3 is 2.80 bits per heavy atom. The fraction of sp³-hybridized carbons (Fsp3) is 0.133. The van der Waals surface area contributed by atoms with Crippen LogP contribution in [-0.2, 0) is 0 Å². The number of halogens is 1. The summed E-state index contributed by atoms with van der Waals surface area (Å²) >= 11 is 5.95. The number of hydrogen-bond acceptors (Lipinski definition) is 3. The molecular formula is C15H13ClN2O2. The van der Waals surface area contributed by atoms with E-state index in [1.54, 1.807) is 18.2 Å². The third-order valence-electron chi connectivity index (χ3n) is 3.38. The topological polar surface area (TPSA) is 61.4 Å². The van der Waals surface area contributed by atoms with Crippen LogP contribution in [0.1, 0.15) is 27.7 Å². The fourth-order valence-electron chi connectivity index (χ4n) is 2.35. The van der Waals surface area contributed by atoms with Gasteiger partial charge in [-0.3, -0.25) is 4.79 Å². The van der Waals surface area contributed by atoms with Gasteiger partial charge in [0.15, 0.2) is 0 Å². The highest BCUT2D eigenvalue weighted by atomic mass is 35.5. The van der Waals surface area contributed by atoms with Gasteiger partial charge in [0.05, 0.1) is 11.3 Å². The Balaban J connectivity index is 2.05. The molecule has 0 aliphatic carbocycles. The molecule has 0 saturated heterocycles. The van der Waals surface area contributed by atoms with E-state index < -0.39 is 6.17 Å². The summed E-state index contributed by atoms with van der Waals surface area (Å²) < 4.78 is 0. The molecule has 3 rings (SSSR count). The molecule has 2 aromatic rings. The highest BCUT2D eigenvalue weighted by molar-refractivity contribution is 6.30. The van der Waals surface area contributed by atoms with Gasteiger partial charge < -0.3 is 15.7 Å². The zero-order valence-corrected chi connectivity index (χ0v) is 11.5. The first kappa shape index (κ1) is 12.8. The van der Waals surface area contributed by atoms with Crippen molar-refractivity contribution < 1.29 is 9.90 Å². The second-order valence-corrected chi connectivity index (χ2v) is 5.19. The quantitative estimate of drug-likeness (QED) is 0.755. The van der Waals surface area contributed by atoms with Crippen LogP contribution in [0.3, 0.4) is 0 Å². The standard InChI is InChI=1S/C15H13ClN2O2/c1-8-3-2-4-10-13(8)17-14(18-15(10)20)11-7-9(16)5-6-12(11)19/h2-7,14,17,19H,1H3,(H,18,20)/t14-/m0/s1. The molecule has 0 bridgehead atoms. The average molecular weight is 289 g/mol. The fourth-order valence-corrected chi connectivity index (χ4v) is 2.53. The van der Waals surface area contributed by atoms with Crippen LogP contribution in [0.15, 0.2) is 36.4 Å². The minimum Gasteiger partial charge on any atom is -0.508 e. The molecule has 5 heteroatoms. The molecule has 0 fully saturated rings. The van der Waals surface area contributed by atoms with Crippen LogP contribution in [0.5, 0.6) is 5.75 Å². The number of nitrogens with one attached hydrogen (secondary N) is 2. The Morgan fingerprint density at radius 1 is 1.20 bits per heavy atom. The number of anilines is 1. The molecule has 20 heavy (non-hydrogen) atoms. The monoisotopic (exact) mass is 288 g/mol. The molecule has 4 nitrogen and oxygen atoms in total. The summed E-state index contributed by atoms with van der Waals surface area (Å²) in [5.41, 5.74) is 2.90. The number of carbonyl (C=O) groups is 1. The molecule has 1 aliphatic rings. The lowest BCUT2D eigenvalue weighted by Gasteiger charge is -2.29. The molecule has 0 unspecified atom stereocenters. The number of aromatic hydroxyl groups is 1. The number of hydrogen-bond donors (Lipinski definition) is 3. The van der Waals surface area contributed by atoms with Gasteiger partial charge in [0.25, 0.3) is 5.91 Å². The lowest BCUT2D eigenvalue weighted by molar-refractivity contribution is 0.0935. The number of phenols is 1. The SMILES string of the molecule is Cc1cccc2c1N[C@H](c1cc(Cl)ccc1O)NC2=O. The third kappa shape index (κ3) is 2.08. The zero-order chi connectivity index (χ0) is 14.3. The van der Waals surface area contributed by atoms with Crippen molar-refractivity contribution in [3.63, 3.8) is 0 Å². The van der Waals surface area contributed by atoms with Crippen LogP contribution in [0.2, 0.25) is 5.02 Å². The van der Waals surface area contributed by atoms with Crippen LogP contribution < -0.4 is 10.6 Å². The summed E-state index contributed by atoms with van der Waals surface area (Å²) in [6.07, 6.45) is -0.505. The predicted octanol–water partition coefficient (Wildman–Crippen LogP) is 3.21. The predicted molar refractivity (Wildman–Crippen MR) is 78.1 cm³/mol. The second kappa shape index (κ2) is 4.72. The number of fused-ring (bicyclic) bond motifs is 1. The lowest BCUT2D eigenvalue weighted by Crippen LogP contribution is -2.38. The minimum absolute atomic E-state index is 0.0873. The molecule has 102 valence electrons. The van der Waals surface area contributed by atoms with Crippen LogP contribution >= 0.6 is 11.6 Å². The van der Waals surface area contributed by atoms with E-state index in [0.717, 1.165) is 11.3 Å². The molecule has 3 N–H and O–H groups in total. The van der Waals surface area contributed by atoms with Gasteiger partial charge in [-0.1, -0.05) is 23.7 Å². The van der Waals surface area contributed by atoms with Crippen LogP contribution in [0.25, 0.3) is 0 Å². The van der Waals surface area contributed by atoms with E-state index in [0.29, 0.717) is 16.1 Å². The molecule has 0 spiro atoms. The van der Waals surface area contributed by atoms with Crippen LogP contribution in [0.4, 0.5) is 5.69 Å². The van der Waals surface area contributed by atoms with Gasteiger partial charge >= 0.3 is 0 Å². The van der Waals surface area contributed by atoms with Gasteiger partial charge in [-0.05, 0) is 36.8 Å². The Hall–Kier alpha value is -2.20. The maximum Gasteiger partial charge on any atom is 0.255 e. The average Bonchev–Trinajstić information content (AvgIpc) is 2.42. The maximum absolute atomic E-state index is 12.2. The number of benzene rings is 2. The van der Waals surface area contributed by atoms with Crippen LogP contribution in [0, 0.1) is 6.92 Å². The van der Waals surface area contributed by atoms with Crippen molar-refractivity contribution in [3.05, 3.63) is 58.1 Å². The van der Waals surface area contributed by atoms with E-state index >= 15 is 0 Å². The molecule has 2 aromatic carbocycles. The van der Waals surface area contributed by atoms with Crippen molar-refractivity contribution in [2.75, 3.05) is 5.32 Å². The number of aryl methyl sites for hydroxylation is 1. The van der Waals surface area contributed by atoms with Crippen molar-refractivity contribution in [3.8, 4) is 5.75 Å². The summed E-state index contributed by atoms with van der Waals surface area (Å²) in [4.78, 5) is 12.2. The van der Waals surface area contributed by atoms with E-state index in [2.05, 4.69) is 10.6 Å². The normalized spacial score (nSPS) is 17.1. The van der Waals surface area contributed by atoms with Crippen molar-refractivity contribution in [1.82, 2.24) is 5.32 Å². The van der Waals surface area contributed by atoms with E-state index in [4.69, 9.17) is 11.6 Å². The molecule has 1 atom stereocenters. The molecule has 1 heterocycles. The Labute approximate surface area is 121 Å². The van der Waals surface area contributed by atoms with Gasteiger partial charge in [-0.25, -0.2) is 0 Å². The van der Waals surface area contributed by atoms with Crippen molar-refractivity contribution >= 4 is 23.2 Å². The van der Waals surface area contributed by atoms with Crippen LogP contribution in [-0.4, -0.2) is 11.0 Å². The molecular weight excluding hydrogens is 276 g/mol. The van der Waals surface area contributed by atoms with Gasteiger partial charge in [0.2, 0.25) is 0 Å². The summed E-state index contributed by atoms with van der Waals surface area (Å²) in [6.45, 7) is 1.93. The van der Waals surface area contributed by atoms with Crippen molar-refractivity contribution in [2.45, 2.75) is 13.1 Å². The van der Waals surface area contributed by atoms with Gasteiger partial charge in [-0.15, -0.1) is 0 Å². The van der Waals surface area contributed by atoms with E-state index in [1.165, 1.54) is 6.07 Å². The summed E-state index contributed by atoms with van der Waals surface area (Å²) in [7, 11) is 0. The van der Waals surface area contributed by atoms with E-state index in [9.17, 15) is 9.90 Å². The number of phenolic OH excluding ortho intramolecular Hbond substituents is 1. The largest absolute Gasteiger partial charge is 0.508 e. The third-order valence-corrected chi connectivity index (χ3v) is 3.62. The number of carbonyl (C=O) groups excluding carboxylic acids is 1. The first-order valence-electron chi connectivity index (χ1n) is 6.21. The first-order valence-corrected chi connectivity index (χ1v) is 6.59. The molecule has 0 saturated carbocycles. The Kier molecular flexibility index (Phi) is 3.03. The van der Waals surface area contributed by atoms with Gasteiger partial charge in [0.1, 0.15) is 11.9 Å². The molecule has 1 aliphatic heterocycles. The van der Waals surface area contributed by atoms with Crippen molar-refractivity contribution in [2.24, 2.45) is 0 Å². The molecule has 0 radical (unpaired) electrons. The summed E-state index contributed by atoms with van der Waals surface area (Å²) in [6, 6.07) is 10.3. The zero-order valence-electron chi connectivity index (χ0n) is 10.8. The highest BCUT2D eigenvalue weighted by Gasteiger charge is 2.27. The highest BCUT2D eigenvalue weighted by Crippen LogP contribution is 2.33. The number of amides is 1. The van der Waals surface area contributed by atoms with E-state index in [-0.39, 0.29) is 11.7 Å². The minimum atomic E-state index is -0.505. The Bertz CT molecular complexity index is 700. The summed E-state index contributed by atoms with van der Waals surface area (Å²) in [5, 5.41) is 16.5. The smallest absolute Gasteiger partial charge is 0.255 e. The van der Waals surface area contributed by atoms with Crippen molar-refractivity contribution in [1.29, 1.82) is 0 Å². The van der Waals surface area contributed by atoms with Gasteiger partial charge in [0, 0.05) is 10.6 Å². The first-order chi connectivity index (χ1) is 9.56. The van der Waals surface area contributed by atoms with E-state index in [1.807, 2.05) is 19.1 Å². The Morgan fingerprint density at radius 2 is 2.00 bits per heavy atom. The lowest BCUT2D eigenvalue weighted by atomic mass is 10.0. The molecule has 1 amide bonds. The molecule has 0 aromatic heterocycles. The summed E-state index contributed by atoms with van der Waals surface area (Å²) in [5.74, 6) is -0.0870. The number of para-hydroxylation sites is 1. The maximum atomic E-state index is 12.2. The number of rotatable bonds is 1. The second-order valence-electron chi connectivity index (χ2n) is 4.75.